The lowest BCUT2D eigenvalue weighted by atomic mass is 9.88. The van der Waals surface area contributed by atoms with E-state index in [1.54, 1.807) is 17.8 Å². The van der Waals surface area contributed by atoms with Crippen LogP contribution in [0.5, 0.6) is 5.75 Å². The third kappa shape index (κ3) is 3.54. The number of amides is 1. The summed E-state index contributed by atoms with van der Waals surface area (Å²) in [6.45, 7) is 1.97. The zero-order valence-corrected chi connectivity index (χ0v) is 19.3. The number of aryl methyl sites for hydroxylation is 2. The molecular weight excluding hydrogens is 446 g/mol. The molecule has 1 aromatic carbocycles. The Labute approximate surface area is 201 Å². The summed E-state index contributed by atoms with van der Waals surface area (Å²) in [6, 6.07) is 9.51. The maximum Gasteiger partial charge on any atom is 0.278 e. The highest BCUT2D eigenvalue weighted by Crippen LogP contribution is 2.42. The zero-order valence-electron chi connectivity index (χ0n) is 19.3. The number of nitrogens with zero attached hydrogens (tertiary/aromatic N) is 5. The van der Waals surface area contributed by atoms with Crippen LogP contribution in [-0.4, -0.2) is 37.5 Å². The third-order valence-electron chi connectivity index (χ3n) is 6.98. The van der Waals surface area contributed by atoms with Gasteiger partial charge < -0.3 is 14.4 Å². The largest absolute Gasteiger partial charge is 0.502 e. The van der Waals surface area contributed by atoms with E-state index in [1.165, 1.54) is 33.2 Å². The van der Waals surface area contributed by atoms with Crippen molar-refractivity contribution in [3.8, 4) is 5.75 Å². The van der Waals surface area contributed by atoms with Gasteiger partial charge in [0.2, 0.25) is 17.2 Å². The lowest BCUT2D eigenvalue weighted by molar-refractivity contribution is 0.0646. The predicted molar refractivity (Wildman–Crippen MR) is 127 cm³/mol. The van der Waals surface area contributed by atoms with Gasteiger partial charge in [-0.1, -0.05) is 36.4 Å². The summed E-state index contributed by atoms with van der Waals surface area (Å²) in [7, 11) is 0. The minimum atomic E-state index is -0.596. The number of carbonyl (C=O) groups excluding carboxylic acids is 1. The van der Waals surface area contributed by atoms with E-state index < -0.39 is 17.1 Å². The molecule has 1 amide bonds. The molecule has 35 heavy (non-hydrogen) atoms. The number of carbonyl (C=O) groups is 1. The van der Waals surface area contributed by atoms with Crippen molar-refractivity contribution in [1.29, 1.82) is 0 Å². The zero-order chi connectivity index (χ0) is 24.1. The molecular formula is C26H25N5O4. The number of aromatic nitrogens is 3. The summed E-state index contributed by atoms with van der Waals surface area (Å²) in [4.78, 5) is 27.4. The lowest BCUT2D eigenvalue weighted by Crippen LogP contribution is -2.55. The smallest absolute Gasteiger partial charge is 0.278 e. The van der Waals surface area contributed by atoms with Crippen molar-refractivity contribution in [2.24, 2.45) is 0 Å². The van der Waals surface area contributed by atoms with E-state index in [1.807, 2.05) is 6.07 Å². The van der Waals surface area contributed by atoms with Crippen LogP contribution in [0.15, 0.2) is 69.0 Å². The van der Waals surface area contributed by atoms with Gasteiger partial charge in [-0.3, -0.25) is 19.3 Å². The molecule has 1 N–H and O–H groups in total. The Morgan fingerprint density at radius 2 is 1.97 bits per heavy atom. The van der Waals surface area contributed by atoms with E-state index in [4.69, 9.17) is 4.42 Å². The number of benzene rings is 1. The first-order chi connectivity index (χ1) is 17.0. The van der Waals surface area contributed by atoms with Crippen LogP contribution in [0.3, 0.4) is 0 Å². The summed E-state index contributed by atoms with van der Waals surface area (Å²) in [5, 5.41) is 20.7. The number of aromatic hydroxyl groups is 1. The standard InChI is InChI=1S/C26H25N5O4/c1-16-27-28-22(35-16)14-29-15-31(30-13-12-21(32)25(33)24(30)26(29)34)23-19-8-4-2-6-17(19)10-11-18-7-3-5-9-20(18)23/h2-4,6-8,12-13,23,33H,5,9-11,14-15H2,1H3. The van der Waals surface area contributed by atoms with Gasteiger partial charge in [-0.05, 0) is 48.0 Å². The topological polar surface area (TPSA) is 105 Å². The molecule has 2 aliphatic carbocycles. The van der Waals surface area contributed by atoms with Crippen molar-refractivity contribution in [3.05, 3.63) is 98.7 Å². The molecule has 3 heterocycles. The van der Waals surface area contributed by atoms with Crippen molar-refractivity contribution in [2.45, 2.75) is 45.2 Å². The summed E-state index contributed by atoms with van der Waals surface area (Å²) in [6.07, 6.45) is 9.73. The lowest BCUT2D eigenvalue weighted by Gasteiger charge is -2.44. The molecule has 6 rings (SSSR count). The van der Waals surface area contributed by atoms with Crippen LogP contribution in [0.2, 0.25) is 0 Å². The van der Waals surface area contributed by atoms with Crippen molar-refractivity contribution in [1.82, 2.24) is 19.8 Å². The van der Waals surface area contributed by atoms with Crippen molar-refractivity contribution in [2.75, 3.05) is 11.7 Å². The molecule has 0 spiro atoms. The molecule has 0 radical (unpaired) electrons. The quantitative estimate of drug-likeness (QED) is 0.626. The molecule has 1 atom stereocenters. The van der Waals surface area contributed by atoms with E-state index in [0.717, 1.165) is 25.7 Å². The highest BCUT2D eigenvalue weighted by molar-refractivity contribution is 5.96. The van der Waals surface area contributed by atoms with E-state index in [-0.39, 0.29) is 24.9 Å². The average molecular weight is 472 g/mol. The first-order valence-corrected chi connectivity index (χ1v) is 11.8. The molecule has 2 aromatic heterocycles. The summed E-state index contributed by atoms with van der Waals surface area (Å²) in [5.41, 5.74) is 4.37. The van der Waals surface area contributed by atoms with Gasteiger partial charge in [-0.2, -0.15) is 0 Å². The van der Waals surface area contributed by atoms with Gasteiger partial charge in [0.15, 0.2) is 11.4 Å². The average Bonchev–Trinajstić information content (AvgIpc) is 3.20. The minimum Gasteiger partial charge on any atom is -0.502 e. The predicted octanol–water partition coefficient (Wildman–Crippen LogP) is 3.13. The van der Waals surface area contributed by atoms with Crippen LogP contribution in [-0.2, 0) is 13.0 Å². The monoisotopic (exact) mass is 471 g/mol. The van der Waals surface area contributed by atoms with Crippen LogP contribution in [0.4, 0.5) is 0 Å². The number of pyridine rings is 1. The maximum atomic E-state index is 13.5. The second-order valence-electron chi connectivity index (χ2n) is 9.11. The second kappa shape index (κ2) is 8.26. The molecule has 1 unspecified atom stereocenters. The normalized spacial score (nSPS) is 19.3. The fourth-order valence-corrected chi connectivity index (χ4v) is 5.39. The van der Waals surface area contributed by atoms with Gasteiger partial charge in [0, 0.05) is 19.2 Å². The molecule has 0 saturated heterocycles. The van der Waals surface area contributed by atoms with Crippen LogP contribution in [0.25, 0.3) is 0 Å². The van der Waals surface area contributed by atoms with Gasteiger partial charge in [0.25, 0.3) is 5.91 Å². The summed E-state index contributed by atoms with van der Waals surface area (Å²) in [5.74, 6) is -0.327. The third-order valence-corrected chi connectivity index (χ3v) is 6.98. The van der Waals surface area contributed by atoms with Crippen LogP contribution in [0, 0.1) is 6.92 Å². The number of hydrogen-bond acceptors (Lipinski definition) is 7. The molecule has 3 aliphatic rings. The van der Waals surface area contributed by atoms with Crippen LogP contribution < -0.4 is 10.4 Å². The highest BCUT2D eigenvalue weighted by atomic mass is 16.4. The fraction of sp³-hybridized carbons (Fsp3) is 0.308. The molecule has 0 fully saturated rings. The molecule has 0 bridgehead atoms. The molecule has 1 aliphatic heterocycles. The van der Waals surface area contributed by atoms with E-state index in [0.29, 0.717) is 11.8 Å². The number of allylic oxidation sites excluding steroid dienone is 3. The second-order valence-corrected chi connectivity index (χ2v) is 9.11. The van der Waals surface area contributed by atoms with Crippen molar-refractivity contribution >= 4 is 5.91 Å². The van der Waals surface area contributed by atoms with Crippen LogP contribution >= 0.6 is 0 Å². The van der Waals surface area contributed by atoms with Crippen molar-refractivity contribution in [3.63, 3.8) is 0 Å². The first-order valence-electron chi connectivity index (χ1n) is 11.8. The molecule has 178 valence electrons. The van der Waals surface area contributed by atoms with Gasteiger partial charge >= 0.3 is 0 Å². The maximum absolute atomic E-state index is 13.5. The Balaban J connectivity index is 1.54. The highest BCUT2D eigenvalue weighted by Gasteiger charge is 2.39. The van der Waals surface area contributed by atoms with Gasteiger partial charge in [-0.25, -0.2) is 0 Å². The molecule has 0 saturated carbocycles. The van der Waals surface area contributed by atoms with Gasteiger partial charge in [0.05, 0.1) is 6.04 Å². The van der Waals surface area contributed by atoms with Crippen LogP contribution in [0.1, 0.15) is 58.7 Å². The SMILES string of the molecule is Cc1nnc(CN2CN(C3C4=C(C=CCC4)CCc4ccccc43)n3ccc(=O)c(O)c3C2=O)o1. The van der Waals surface area contributed by atoms with Gasteiger partial charge in [0.1, 0.15) is 13.2 Å². The van der Waals surface area contributed by atoms with E-state index in [9.17, 15) is 14.7 Å². The van der Waals surface area contributed by atoms with E-state index in [2.05, 4.69) is 45.6 Å². The minimum absolute atomic E-state index is 0.0600. The summed E-state index contributed by atoms with van der Waals surface area (Å²) < 4.78 is 7.18. The first kappa shape index (κ1) is 21.4. The molecule has 3 aromatic rings. The summed E-state index contributed by atoms with van der Waals surface area (Å²) >= 11 is 0. The van der Waals surface area contributed by atoms with Gasteiger partial charge in [-0.15, -0.1) is 10.2 Å². The Morgan fingerprint density at radius 3 is 2.80 bits per heavy atom. The Kier molecular flexibility index (Phi) is 5.05. The molecule has 9 nitrogen and oxygen atoms in total. The van der Waals surface area contributed by atoms with Crippen molar-refractivity contribution < 1.29 is 14.3 Å². The number of rotatable bonds is 3. The number of hydrogen-bond donors (Lipinski definition) is 1. The Morgan fingerprint density at radius 1 is 1.11 bits per heavy atom. The number of fused-ring (bicyclic) bond motifs is 2. The Bertz CT molecular complexity index is 1450. The molecule has 9 heteroatoms. The Hall–Kier alpha value is -4.14. The van der Waals surface area contributed by atoms with E-state index >= 15 is 0 Å². The fourth-order valence-electron chi connectivity index (χ4n) is 5.39.